The van der Waals surface area contributed by atoms with E-state index in [0.29, 0.717) is 17.4 Å². The van der Waals surface area contributed by atoms with Gasteiger partial charge in [-0.15, -0.1) is 24.8 Å². The van der Waals surface area contributed by atoms with Gasteiger partial charge in [-0.25, -0.2) is 0 Å². The van der Waals surface area contributed by atoms with Crippen LogP contribution >= 0.6 is 36.4 Å². The normalized spacial score (nSPS) is 9.81. The lowest BCUT2D eigenvalue weighted by Crippen LogP contribution is -2.26. The van der Waals surface area contributed by atoms with Crippen LogP contribution in [0.2, 0.25) is 5.02 Å². The van der Waals surface area contributed by atoms with Crippen molar-refractivity contribution in [1.82, 2.24) is 10.2 Å². The molecule has 1 rings (SSSR count). The monoisotopic (exact) mass is 358 g/mol. The summed E-state index contributed by atoms with van der Waals surface area (Å²) >= 11 is 6.25. The zero-order valence-corrected chi connectivity index (χ0v) is 15.3. The highest BCUT2D eigenvalue weighted by Crippen LogP contribution is 2.33. The fourth-order valence-corrected chi connectivity index (χ4v) is 1.89. The van der Waals surface area contributed by atoms with Crippen LogP contribution in [0, 0.1) is 0 Å². The number of halogens is 3. The Balaban J connectivity index is 0. The zero-order valence-electron chi connectivity index (χ0n) is 12.9. The minimum atomic E-state index is 0. The van der Waals surface area contributed by atoms with Crippen LogP contribution in [0.4, 0.5) is 0 Å². The van der Waals surface area contributed by atoms with Crippen LogP contribution in [0.5, 0.6) is 11.5 Å². The first-order chi connectivity index (χ1) is 9.08. The van der Waals surface area contributed by atoms with Crippen LogP contribution in [-0.4, -0.2) is 45.8 Å². The number of likely N-dealkylation sites (N-methyl/N-ethyl adjacent to an activating group) is 1. The van der Waals surface area contributed by atoms with Crippen molar-refractivity contribution in [3.63, 3.8) is 0 Å². The third kappa shape index (κ3) is 7.98. The largest absolute Gasteiger partial charge is 0.493 e. The number of rotatable bonds is 8. The molecule has 0 radical (unpaired) electrons. The Morgan fingerprint density at radius 3 is 2.38 bits per heavy atom. The van der Waals surface area contributed by atoms with Crippen molar-refractivity contribution in [1.29, 1.82) is 0 Å². The fourth-order valence-electron chi connectivity index (χ4n) is 1.67. The van der Waals surface area contributed by atoms with Gasteiger partial charge in [0.15, 0.2) is 11.5 Å². The van der Waals surface area contributed by atoms with Crippen molar-refractivity contribution in [2.75, 3.05) is 40.9 Å². The van der Waals surface area contributed by atoms with Crippen LogP contribution in [0.1, 0.15) is 12.5 Å². The van der Waals surface area contributed by atoms with Gasteiger partial charge in [-0.1, -0.05) is 11.6 Å². The van der Waals surface area contributed by atoms with Gasteiger partial charge in [0.25, 0.3) is 0 Å². The molecule has 0 unspecified atom stereocenters. The first kappa shape index (κ1) is 22.9. The summed E-state index contributed by atoms with van der Waals surface area (Å²) in [6.07, 6.45) is 0. The standard InChI is InChI=1S/C14H23ClN2O2.2ClH/c1-5-19-14-9-12(15)11(8-13(14)18-4)10-16-6-7-17(2)3;;/h8-9,16H,5-7,10H2,1-4H3;2*1H. The minimum absolute atomic E-state index is 0. The molecule has 0 heterocycles. The third-order valence-corrected chi connectivity index (χ3v) is 3.04. The summed E-state index contributed by atoms with van der Waals surface area (Å²) in [7, 11) is 5.73. The maximum atomic E-state index is 6.25. The molecule has 0 aliphatic rings. The van der Waals surface area contributed by atoms with Crippen molar-refractivity contribution in [2.45, 2.75) is 13.5 Å². The highest BCUT2D eigenvalue weighted by Gasteiger charge is 2.10. The Morgan fingerprint density at radius 2 is 1.86 bits per heavy atom. The van der Waals surface area contributed by atoms with Crippen LogP contribution in [-0.2, 0) is 6.54 Å². The van der Waals surface area contributed by atoms with Crippen molar-refractivity contribution < 1.29 is 9.47 Å². The summed E-state index contributed by atoms with van der Waals surface area (Å²) in [6, 6.07) is 3.74. The highest BCUT2D eigenvalue weighted by molar-refractivity contribution is 6.31. The zero-order chi connectivity index (χ0) is 14.3. The number of nitrogens with zero attached hydrogens (tertiary/aromatic N) is 1. The summed E-state index contributed by atoms with van der Waals surface area (Å²) in [6.45, 7) is 5.15. The molecule has 0 saturated carbocycles. The topological polar surface area (TPSA) is 33.7 Å². The average Bonchev–Trinajstić information content (AvgIpc) is 2.36. The quantitative estimate of drug-likeness (QED) is 0.723. The molecule has 0 aliphatic heterocycles. The molecular weight excluding hydrogens is 335 g/mol. The van der Waals surface area contributed by atoms with E-state index < -0.39 is 0 Å². The van der Waals surface area contributed by atoms with Crippen LogP contribution < -0.4 is 14.8 Å². The molecule has 4 nitrogen and oxygen atoms in total. The molecule has 0 aromatic heterocycles. The molecule has 0 bridgehead atoms. The predicted molar refractivity (Wildman–Crippen MR) is 93.9 cm³/mol. The van der Waals surface area contributed by atoms with E-state index in [9.17, 15) is 0 Å². The number of hydrogen-bond acceptors (Lipinski definition) is 4. The third-order valence-electron chi connectivity index (χ3n) is 2.68. The second-order valence-corrected chi connectivity index (χ2v) is 4.91. The van der Waals surface area contributed by atoms with Gasteiger partial charge >= 0.3 is 0 Å². The van der Waals surface area contributed by atoms with Gasteiger partial charge in [-0.3, -0.25) is 0 Å². The molecule has 0 spiro atoms. The number of hydrogen-bond donors (Lipinski definition) is 1. The Hall–Kier alpha value is -0.390. The molecule has 0 atom stereocenters. The predicted octanol–water partition coefficient (Wildman–Crippen LogP) is 3.24. The minimum Gasteiger partial charge on any atom is -0.493 e. The van der Waals surface area contributed by atoms with Gasteiger partial charge in [0.05, 0.1) is 13.7 Å². The van der Waals surface area contributed by atoms with Crippen LogP contribution in [0.15, 0.2) is 12.1 Å². The summed E-state index contributed by atoms with van der Waals surface area (Å²) in [5.74, 6) is 1.41. The number of ether oxygens (including phenoxy) is 2. The van der Waals surface area contributed by atoms with E-state index in [1.54, 1.807) is 7.11 Å². The second-order valence-electron chi connectivity index (χ2n) is 4.51. The van der Waals surface area contributed by atoms with Gasteiger partial charge in [0.1, 0.15) is 0 Å². The van der Waals surface area contributed by atoms with E-state index in [-0.39, 0.29) is 24.8 Å². The smallest absolute Gasteiger partial charge is 0.162 e. The maximum Gasteiger partial charge on any atom is 0.162 e. The van der Waals surface area contributed by atoms with Crippen LogP contribution in [0.3, 0.4) is 0 Å². The van der Waals surface area contributed by atoms with Gasteiger partial charge in [-0.05, 0) is 32.6 Å². The molecule has 1 N–H and O–H groups in total. The average molecular weight is 360 g/mol. The van der Waals surface area contributed by atoms with Crippen molar-refractivity contribution in [3.8, 4) is 11.5 Å². The number of nitrogens with one attached hydrogen (secondary N) is 1. The van der Waals surface area contributed by atoms with Gasteiger partial charge in [0.2, 0.25) is 0 Å². The first-order valence-corrected chi connectivity index (χ1v) is 6.81. The number of benzene rings is 1. The van der Waals surface area contributed by atoms with E-state index in [1.165, 1.54) is 0 Å². The molecule has 124 valence electrons. The van der Waals surface area contributed by atoms with Crippen molar-refractivity contribution >= 4 is 36.4 Å². The fraction of sp³-hybridized carbons (Fsp3) is 0.571. The van der Waals surface area contributed by atoms with Crippen molar-refractivity contribution in [2.24, 2.45) is 0 Å². The Morgan fingerprint density at radius 1 is 1.19 bits per heavy atom. The van der Waals surface area contributed by atoms with Gasteiger partial charge in [0, 0.05) is 30.7 Å². The molecule has 1 aromatic rings. The lowest BCUT2D eigenvalue weighted by atomic mass is 10.2. The second kappa shape index (κ2) is 12.2. The summed E-state index contributed by atoms with van der Waals surface area (Å²) in [5, 5.41) is 4.05. The lowest BCUT2D eigenvalue weighted by Gasteiger charge is -2.14. The molecule has 0 fully saturated rings. The van der Waals surface area contributed by atoms with E-state index >= 15 is 0 Å². The van der Waals surface area contributed by atoms with E-state index in [4.69, 9.17) is 21.1 Å². The van der Waals surface area contributed by atoms with Crippen LogP contribution in [0.25, 0.3) is 0 Å². The van der Waals surface area contributed by atoms with Gasteiger partial charge in [-0.2, -0.15) is 0 Å². The SMILES string of the molecule is CCOc1cc(Cl)c(CNCCN(C)C)cc1OC.Cl.Cl. The molecular formula is C14H25Cl3N2O2. The first-order valence-electron chi connectivity index (χ1n) is 6.43. The Kier molecular flexibility index (Phi) is 13.3. The van der Waals surface area contributed by atoms with Gasteiger partial charge < -0.3 is 19.7 Å². The summed E-state index contributed by atoms with van der Waals surface area (Å²) < 4.78 is 10.8. The molecule has 0 aliphatic carbocycles. The molecule has 21 heavy (non-hydrogen) atoms. The highest BCUT2D eigenvalue weighted by atomic mass is 35.5. The Bertz CT molecular complexity index is 404. The summed E-state index contributed by atoms with van der Waals surface area (Å²) in [5.41, 5.74) is 1.01. The molecule has 1 aromatic carbocycles. The van der Waals surface area contributed by atoms with E-state index in [1.807, 2.05) is 19.1 Å². The molecule has 0 amide bonds. The van der Waals surface area contributed by atoms with E-state index in [2.05, 4.69) is 24.3 Å². The summed E-state index contributed by atoms with van der Waals surface area (Å²) in [4.78, 5) is 2.13. The Labute approximate surface area is 144 Å². The number of methoxy groups -OCH3 is 1. The maximum absolute atomic E-state index is 6.25. The lowest BCUT2D eigenvalue weighted by molar-refractivity contribution is 0.310. The molecule has 7 heteroatoms. The molecule has 0 saturated heterocycles. The van der Waals surface area contributed by atoms with E-state index in [0.717, 1.165) is 30.9 Å². The van der Waals surface area contributed by atoms with Crippen molar-refractivity contribution in [3.05, 3.63) is 22.7 Å².